The van der Waals surface area contributed by atoms with E-state index in [0.717, 1.165) is 0 Å². The number of amides is 2. The van der Waals surface area contributed by atoms with Crippen LogP contribution in [0.1, 0.15) is 37.9 Å². The molecule has 0 bridgehead atoms. The lowest BCUT2D eigenvalue weighted by atomic mass is 10.00. The number of terminal acetylenes is 1. The van der Waals surface area contributed by atoms with Crippen molar-refractivity contribution in [2.24, 2.45) is 0 Å². The van der Waals surface area contributed by atoms with Crippen LogP contribution >= 0.6 is 0 Å². The van der Waals surface area contributed by atoms with E-state index >= 15 is 0 Å². The van der Waals surface area contributed by atoms with Gasteiger partial charge >= 0.3 is 5.91 Å². The van der Waals surface area contributed by atoms with Crippen molar-refractivity contribution in [1.82, 2.24) is 5.32 Å². The number of nitrogen functional groups attached to an aromatic ring is 1. The maximum absolute atomic E-state index is 13.1. The number of benzene rings is 2. The van der Waals surface area contributed by atoms with E-state index in [0.29, 0.717) is 22.5 Å². The second-order valence-corrected chi connectivity index (χ2v) is 7.29. The van der Waals surface area contributed by atoms with E-state index in [1.165, 1.54) is 4.90 Å². The highest BCUT2D eigenvalue weighted by molar-refractivity contribution is 6.09. The molecule has 0 aliphatic heterocycles. The molecule has 0 fully saturated rings. The second-order valence-electron chi connectivity index (χ2n) is 7.29. The topological polar surface area (TPSA) is 99.2 Å². The van der Waals surface area contributed by atoms with E-state index in [1.807, 2.05) is 26.8 Å². The Bertz CT molecular complexity index is 943. The van der Waals surface area contributed by atoms with Crippen molar-refractivity contribution in [2.75, 3.05) is 10.6 Å². The largest absolute Gasteiger partial charge is 0.399 e. The van der Waals surface area contributed by atoms with Crippen LogP contribution in [-0.2, 0) is 9.59 Å². The van der Waals surface area contributed by atoms with Gasteiger partial charge in [-0.3, -0.25) is 14.5 Å². The number of carbonyl (C=O) groups is 2. The normalized spacial score (nSPS) is 11.6. The molecule has 0 radical (unpaired) electrons. The fourth-order valence-corrected chi connectivity index (χ4v) is 2.68. The average molecular weight is 374 g/mol. The molecule has 28 heavy (non-hydrogen) atoms. The van der Waals surface area contributed by atoms with Crippen molar-refractivity contribution in [3.8, 4) is 18.4 Å². The second kappa shape index (κ2) is 8.28. The van der Waals surface area contributed by atoms with Crippen molar-refractivity contribution >= 4 is 23.2 Å². The lowest BCUT2D eigenvalue weighted by Gasteiger charge is -2.32. The molecule has 0 spiro atoms. The Balaban J connectivity index is 2.62. The van der Waals surface area contributed by atoms with Gasteiger partial charge in [-0.25, -0.2) is 0 Å². The molecule has 2 aromatic carbocycles. The van der Waals surface area contributed by atoms with Crippen LogP contribution < -0.4 is 16.0 Å². The smallest absolute Gasteiger partial charge is 0.303 e. The molecule has 6 nitrogen and oxygen atoms in total. The van der Waals surface area contributed by atoms with Gasteiger partial charge in [0, 0.05) is 16.9 Å². The zero-order valence-electron chi connectivity index (χ0n) is 16.1. The molecule has 0 saturated carbocycles. The quantitative estimate of drug-likeness (QED) is 0.635. The Kier molecular flexibility index (Phi) is 6.08. The van der Waals surface area contributed by atoms with Crippen LogP contribution in [0, 0.1) is 23.7 Å². The lowest BCUT2D eigenvalue weighted by Crippen LogP contribution is -2.49. The Morgan fingerprint density at radius 1 is 1.11 bits per heavy atom. The minimum Gasteiger partial charge on any atom is -0.399 e. The minimum absolute atomic E-state index is 0.384. The molecule has 142 valence electrons. The van der Waals surface area contributed by atoms with E-state index in [1.54, 1.807) is 48.5 Å². The summed E-state index contributed by atoms with van der Waals surface area (Å²) in [5.41, 5.74) is 7.18. The molecular formula is C22H22N4O2. The first-order chi connectivity index (χ1) is 13.2. The summed E-state index contributed by atoms with van der Waals surface area (Å²) >= 11 is 0. The molecule has 1 atom stereocenters. The van der Waals surface area contributed by atoms with Gasteiger partial charge in [0.15, 0.2) is 0 Å². The van der Waals surface area contributed by atoms with Gasteiger partial charge in [0.1, 0.15) is 6.04 Å². The van der Waals surface area contributed by atoms with Crippen molar-refractivity contribution < 1.29 is 9.59 Å². The molecule has 0 aliphatic rings. The zero-order chi connectivity index (χ0) is 20.9. The first kappa shape index (κ1) is 20.5. The third kappa shape index (κ3) is 4.90. The molecule has 0 aromatic heterocycles. The monoisotopic (exact) mass is 374 g/mol. The molecule has 0 saturated heterocycles. The van der Waals surface area contributed by atoms with Gasteiger partial charge in [-0.05, 0) is 68.7 Å². The van der Waals surface area contributed by atoms with Crippen molar-refractivity contribution in [2.45, 2.75) is 32.4 Å². The van der Waals surface area contributed by atoms with Gasteiger partial charge < -0.3 is 11.1 Å². The van der Waals surface area contributed by atoms with E-state index < -0.39 is 17.5 Å². The number of hydrogen-bond acceptors (Lipinski definition) is 4. The van der Waals surface area contributed by atoms with Crippen LogP contribution in [0.4, 0.5) is 11.4 Å². The summed E-state index contributed by atoms with van der Waals surface area (Å²) < 4.78 is 0. The van der Waals surface area contributed by atoms with Crippen LogP contribution in [-0.4, -0.2) is 17.4 Å². The molecular weight excluding hydrogens is 352 g/mol. The van der Waals surface area contributed by atoms with E-state index in [-0.39, 0.29) is 5.91 Å². The summed E-state index contributed by atoms with van der Waals surface area (Å²) in [7, 11) is 0. The highest BCUT2D eigenvalue weighted by Crippen LogP contribution is 2.29. The van der Waals surface area contributed by atoms with Crippen molar-refractivity contribution in [3.63, 3.8) is 0 Å². The fourth-order valence-electron chi connectivity index (χ4n) is 2.68. The van der Waals surface area contributed by atoms with E-state index in [4.69, 9.17) is 17.4 Å². The number of nitriles is 1. The standard InChI is InChI=1S/C22H22N4O2/c1-5-19(27)26(18-12-6-15(14-23)7-13-18)20(21(28)25-22(2,3)4)16-8-10-17(24)11-9-16/h1,6-13,20H,24H2,2-4H3,(H,25,28). The summed E-state index contributed by atoms with van der Waals surface area (Å²) in [5, 5.41) is 11.9. The van der Waals surface area contributed by atoms with Crippen LogP contribution in [0.25, 0.3) is 0 Å². The summed E-state index contributed by atoms with van der Waals surface area (Å²) in [6, 6.07) is 14.0. The maximum Gasteiger partial charge on any atom is 0.303 e. The SMILES string of the molecule is C#CC(=O)N(c1ccc(C#N)cc1)C(C(=O)NC(C)(C)C)c1ccc(N)cc1. The Hall–Kier alpha value is -3.77. The molecule has 0 aliphatic carbocycles. The summed E-state index contributed by atoms with van der Waals surface area (Å²) in [6.45, 7) is 5.54. The number of anilines is 2. The van der Waals surface area contributed by atoms with Crippen LogP contribution in [0.15, 0.2) is 48.5 Å². The first-order valence-corrected chi connectivity index (χ1v) is 8.63. The summed E-state index contributed by atoms with van der Waals surface area (Å²) in [5.74, 6) is 1.03. The van der Waals surface area contributed by atoms with E-state index in [2.05, 4.69) is 11.2 Å². The Morgan fingerprint density at radius 3 is 2.14 bits per heavy atom. The van der Waals surface area contributed by atoms with Crippen molar-refractivity contribution in [3.05, 3.63) is 59.7 Å². The summed E-state index contributed by atoms with van der Waals surface area (Å²) in [6.07, 6.45) is 5.39. The maximum atomic E-state index is 13.1. The fraction of sp³-hybridized carbons (Fsp3) is 0.227. The molecule has 6 heteroatoms. The number of nitrogens with two attached hydrogens (primary N) is 1. The number of nitrogens with one attached hydrogen (secondary N) is 1. The molecule has 2 rings (SSSR count). The highest BCUT2D eigenvalue weighted by atomic mass is 16.2. The molecule has 2 amide bonds. The zero-order valence-corrected chi connectivity index (χ0v) is 16.1. The number of carbonyl (C=O) groups excluding carboxylic acids is 2. The number of rotatable bonds is 4. The molecule has 1 unspecified atom stereocenters. The van der Waals surface area contributed by atoms with Crippen LogP contribution in [0.2, 0.25) is 0 Å². The molecule has 3 N–H and O–H groups in total. The van der Waals surface area contributed by atoms with Gasteiger partial charge in [-0.1, -0.05) is 12.1 Å². The number of nitrogens with zero attached hydrogens (tertiary/aromatic N) is 2. The van der Waals surface area contributed by atoms with Gasteiger partial charge in [0.2, 0.25) is 5.91 Å². The Morgan fingerprint density at radius 2 is 1.68 bits per heavy atom. The van der Waals surface area contributed by atoms with Crippen molar-refractivity contribution in [1.29, 1.82) is 5.26 Å². The van der Waals surface area contributed by atoms with E-state index in [9.17, 15) is 9.59 Å². The Labute approximate surface area is 165 Å². The van der Waals surface area contributed by atoms with Gasteiger partial charge in [0.05, 0.1) is 11.6 Å². The average Bonchev–Trinajstić information content (AvgIpc) is 2.65. The van der Waals surface area contributed by atoms with Gasteiger partial charge in [-0.15, -0.1) is 6.42 Å². The number of hydrogen-bond donors (Lipinski definition) is 2. The lowest BCUT2D eigenvalue weighted by molar-refractivity contribution is -0.126. The van der Waals surface area contributed by atoms with Gasteiger partial charge in [-0.2, -0.15) is 5.26 Å². The van der Waals surface area contributed by atoms with Gasteiger partial charge in [0.25, 0.3) is 0 Å². The third-order valence-corrected chi connectivity index (χ3v) is 3.87. The minimum atomic E-state index is -1.00. The summed E-state index contributed by atoms with van der Waals surface area (Å²) in [4.78, 5) is 27.0. The highest BCUT2D eigenvalue weighted by Gasteiger charge is 2.33. The first-order valence-electron chi connectivity index (χ1n) is 8.63. The third-order valence-electron chi connectivity index (χ3n) is 3.87. The predicted octanol–water partition coefficient (Wildman–Crippen LogP) is 2.76. The predicted molar refractivity (Wildman–Crippen MR) is 109 cm³/mol. The molecule has 0 heterocycles. The van der Waals surface area contributed by atoms with Crippen LogP contribution in [0.3, 0.4) is 0 Å². The molecule has 2 aromatic rings. The van der Waals surface area contributed by atoms with Crippen LogP contribution in [0.5, 0.6) is 0 Å².